The lowest BCUT2D eigenvalue weighted by molar-refractivity contribution is 0.0722. The van der Waals surface area contributed by atoms with Gasteiger partial charge in [0.2, 0.25) is 10.0 Å². The molecule has 9 nitrogen and oxygen atoms in total. The van der Waals surface area contributed by atoms with E-state index in [1.165, 1.54) is 0 Å². The zero-order chi connectivity index (χ0) is 22.6. The highest BCUT2D eigenvalue weighted by atomic mass is 32.1. The number of benzene rings is 2. The number of rotatable bonds is 10. The Balaban J connectivity index is 1.12. The van der Waals surface area contributed by atoms with E-state index in [-0.39, 0.29) is 16.1 Å². The first-order valence-electron chi connectivity index (χ1n) is 10.5. The summed E-state index contributed by atoms with van der Waals surface area (Å²) in [5.41, 5.74) is 1.14. The van der Waals surface area contributed by atoms with E-state index in [1.54, 1.807) is 36.4 Å². The summed E-state index contributed by atoms with van der Waals surface area (Å²) >= 11 is 0.807. The zero-order valence-corrected chi connectivity index (χ0v) is 18.3. The van der Waals surface area contributed by atoms with E-state index in [4.69, 9.17) is 23.7 Å². The summed E-state index contributed by atoms with van der Waals surface area (Å²) in [5.74, 6) is -0.0392. The summed E-state index contributed by atoms with van der Waals surface area (Å²) < 4.78 is 26.5. The molecule has 170 valence electrons. The van der Waals surface area contributed by atoms with Crippen LogP contribution in [0.25, 0.3) is 0 Å². The van der Waals surface area contributed by atoms with Gasteiger partial charge in [-0.2, -0.15) is 0 Å². The van der Waals surface area contributed by atoms with Crippen molar-refractivity contribution < 1.29 is 33.3 Å². The van der Waals surface area contributed by atoms with Crippen LogP contribution in [0.4, 0.5) is 0 Å². The number of esters is 2. The van der Waals surface area contributed by atoms with Crippen molar-refractivity contribution in [2.24, 2.45) is 0 Å². The number of carbonyl (C=O) groups is 2. The molecule has 0 amide bonds. The fraction of sp³-hybridized carbons (Fsp3) is 0.304. The van der Waals surface area contributed by atoms with Gasteiger partial charge in [0, 0.05) is 0 Å². The van der Waals surface area contributed by atoms with Gasteiger partial charge in [0.15, 0.2) is 0 Å². The van der Waals surface area contributed by atoms with Crippen LogP contribution in [-0.2, 0) is 15.9 Å². The Hall–Kier alpha value is -3.34. The number of aryl methyl sites for hydroxylation is 1. The standard InChI is InChI=1S/C23H20N2O7S/c26-22(31-16-4-1-14(2-5-16)3-6-18-11-29-18)20-24-25-21(33-20)23(27)32-17-9-7-15(8-10-17)28-12-19-13-30-19/h1-2,4-5,7-10,18-19H,3,6,11-13H2. The van der Waals surface area contributed by atoms with Gasteiger partial charge in [0.1, 0.15) is 30.0 Å². The number of carbonyl (C=O) groups excluding carboxylic acids is 2. The number of ether oxygens (including phenoxy) is 5. The van der Waals surface area contributed by atoms with Crippen LogP contribution in [-0.4, -0.2) is 54.2 Å². The molecule has 1 aromatic heterocycles. The number of epoxide rings is 2. The predicted molar refractivity (Wildman–Crippen MR) is 116 cm³/mol. The molecular formula is C23H20N2O7S. The molecule has 0 spiro atoms. The molecule has 3 heterocycles. The van der Waals surface area contributed by atoms with Gasteiger partial charge in [-0.1, -0.05) is 23.5 Å². The second-order valence-electron chi connectivity index (χ2n) is 7.57. The summed E-state index contributed by atoms with van der Waals surface area (Å²) in [5, 5.41) is 7.42. The van der Waals surface area contributed by atoms with Gasteiger partial charge >= 0.3 is 11.9 Å². The highest BCUT2D eigenvalue weighted by Crippen LogP contribution is 2.22. The molecule has 2 saturated heterocycles. The Morgan fingerprint density at radius 2 is 1.33 bits per heavy atom. The normalized spacial score (nSPS) is 18.4. The molecule has 0 radical (unpaired) electrons. The molecule has 10 heteroatoms. The lowest BCUT2D eigenvalue weighted by Crippen LogP contribution is -2.08. The molecule has 0 N–H and O–H groups in total. The Labute approximate surface area is 193 Å². The van der Waals surface area contributed by atoms with E-state index in [9.17, 15) is 9.59 Å². The SMILES string of the molecule is O=C(Oc1ccc(CCC2CO2)cc1)c1nnc(C(=O)Oc2ccc(OCC3CO3)cc2)s1. The number of hydrogen-bond donors (Lipinski definition) is 0. The number of aromatic nitrogens is 2. The maximum atomic E-state index is 12.4. The van der Waals surface area contributed by atoms with E-state index < -0.39 is 11.9 Å². The van der Waals surface area contributed by atoms with Gasteiger partial charge in [-0.3, -0.25) is 0 Å². The minimum atomic E-state index is -0.712. The molecule has 0 bridgehead atoms. The summed E-state index contributed by atoms with van der Waals surface area (Å²) in [6.07, 6.45) is 2.43. The van der Waals surface area contributed by atoms with Crippen LogP contribution in [0.15, 0.2) is 48.5 Å². The lowest BCUT2D eigenvalue weighted by Gasteiger charge is -2.05. The minimum Gasteiger partial charge on any atom is -0.491 e. The van der Waals surface area contributed by atoms with Crippen molar-refractivity contribution in [2.45, 2.75) is 25.0 Å². The summed E-state index contributed by atoms with van der Waals surface area (Å²) in [4.78, 5) is 24.7. The van der Waals surface area contributed by atoms with Crippen molar-refractivity contribution >= 4 is 23.3 Å². The highest BCUT2D eigenvalue weighted by molar-refractivity contribution is 7.15. The van der Waals surface area contributed by atoms with E-state index >= 15 is 0 Å². The third-order valence-corrected chi connectivity index (χ3v) is 5.82. The van der Waals surface area contributed by atoms with E-state index in [0.717, 1.165) is 43.0 Å². The zero-order valence-electron chi connectivity index (χ0n) is 17.5. The Morgan fingerprint density at radius 3 is 1.88 bits per heavy atom. The Kier molecular flexibility index (Phi) is 6.29. The first-order chi connectivity index (χ1) is 16.1. The molecule has 2 unspecified atom stereocenters. The summed E-state index contributed by atoms with van der Waals surface area (Å²) in [6, 6.07) is 13.9. The molecule has 3 aromatic rings. The average molecular weight is 468 g/mol. The molecule has 2 aliphatic rings. The average Bonchev–Trinajstić information content (AvgIpc) is 3.77. The van der Waals surface area contributed by atoms with Gasteiger partial charge in [0.25, 0.3) is 0 Å². The van der Waals surface area contributed by atoms with Crippen LogP contribution in [0.5, 0.6) is 17.2 Å². The molecule has 33 heavy (non-hydrogen) atoms. The van der Waals surface area contributed by atoms with Gasteiger partial charge in [-0.15, -0.1) is 10.2 Å². The monoisotopic (exact) mass is 468 g/mol. The van der Waals surface area contributed by atoms with Crippen LogP contribution in [0, 0.1) is 0 Å². The molecule has 2 fully saturated rings. The van der Waals surface area contributed by atoms with Crippen molar-refractivity contribution in [1.82, 2.24) is 10.2 Å². The smallest absolute Gasteiger partial charge is 0.374 e. The largest absolute Gasteiger partial charge is 0.491 e. The highest BCUT2D eigenvalue weighted by Gasteiger charge is 2.24. The number of nitrogens with zero attached hydrogens (tertiary/aromatic N) is 2. The molecule has 5 rings (SSSR count). The predicted octanol–water partition coefficient (Wildman–Crippen LogP) is 3.09. The Bertz CT molecular complexity index is 1030. The van der Waals surface area contributed by atoms with Crippen molar-refractivity contribution in [3.63, 3.8) is 0 Å². The topological polar surface area (TPSA) is 113 Å². The summed E-state index contributed by atoms with van der Waals surface area (Å²) in [6.45, 7) is 2.05. The van der Waals surface area contributed by atoms with Gasteiger partial charge in [-0.25, -0.2) is 9.59 Å². The van der Waals surface area contributed by atoms with Crippen LogP contribution in [0.3, 0.4) is 0 Å². The maximum Gasteiger partial charge on any atom is 0.374 e. The third kappa shape index (κ3) is 6.13. The molecule has 0 saturated carbocycles. The van der Waals surface area contributed by atoms with Gasteiger partial charge in [-0.05, 0) is 54.8 Å². The van der Waals surface area contributed by atoms with Gasteiger partial charge in [0.05, 0.1) is 19.3 Å². The van der Waals surface area contributed by atoms with Crippen molar-refractivity contribution in [3.8, 4) is 17.2 Å². The van der Waals surface area contributed by atoms with Crippen molar-refractivity contribution in [1.29, 1.82) is 0 Å². The molecule has 0 aliphatic carbocycles. The fourth-order valence-corrected chi connectivity index (χ4v) is 3.53. The first kappa shape index (κ1) is 21.5. The Morgan fingerprint density at radius 1 is 0.818 bits per heavy atom. The maximum absolute atomic E-state index is 12.4. The van der Waals surface area contributed by atoms with Crippen LogP contribution in [0.1, 0.15) is 31.6 Å². The molecule has 2 aromatic carbocycles. The summed E-state index contributed by atoms with van der Waals surface area (Å²) in [7, 11) is 0. The van der Waals surface area contributed by atoms with E-state index in [2.05, 4.69) is 10.2 Å². The van der Waals surface area contributed by atoms with Crippen LogP contribution in [0.2, 0.25) is 0 Å². The third-order valence-electron chi connectivity index (χ3n) is 4.94. The number of hydrogen-bond acceptors (Lipinski definition) is 10. The fourth-order valence-electron chi connectivity index (χ4n) is 2.93. The van der Waals surface area contributed by atoms with Crippen molar-refractivity contribution in [2.75, 3.05) is 19.8 Å². The van der Waals surface area contributed by atoms with E-state index in [1.807, 2.05) is 12.1 Å². The molecule has 2 atom stereocenters. The quantitative estimate of drug-likeness (QED) is 0.252. The molecule has 2 aliphatic heterocycles. The minimum absolute atomic E-state index is 0.0389. The van der Waals surface area contributed by atoms with Crippen molar-refractivity contribution in [3.05, 3.63) is 64.1 Å². The first-order valence-corrected chi connectivity index (χ1v) is 11.3. The second kappa shape index (κ2) is 9.65. The lowest BCUT2D eigenvalue weighted by atomic mass is 10.1. The second-order valence-corrected chi connectivity index (χ2v) is 8.54. The van der Waals surface area contributed by atoms with Gasteiger partial charge < -0.3 is 23.7 Å². The molecular weight excluding hydrogens is 448 g/mol. The van der Waals surface area contributed by atoms with Crippen LogP contribution < -0.4 is 14.2 Å². The van der Waals surface area contributed by atoms with E-state index in [0.29, 0.717) is 30.0 Å². The van der Waals surface area contributed by atoms with Crippen LogP contribution >= 0.6 is 11.3 Å².